The second-order valence-electron chi connectivity index (χ2n) is 29.3. The maximum absolute atomic E-state index is 12.9. The molecule has 0 amide bonds. The van der Waals surface area contributed by atoms with Crippen LogP contribution in [0, 0.1) is 0 Å². The minimum atomic E-state index is -4.93. The molecule has 18 heteroatoms. The highest BCUT2D eigenvalue weighted by atomic mass is 31.2. The lowest BCUT2D eigenvalue weighted by Crippen LogP contribution is -2.30. The van der Waals surface area contributed by atoms with Crippen LogP contribution >= 0.6 is 15.6 Å². The first-order chi connectivity index (χ1) is 53.2. The number of hydrogen-bond donors (Lipinski definition) is 4. The molecular formula is C91H160O16P2. The molecule has 5 unspecified atom stereocenters. The van der Waals surface area contributed by atoms with Gasteiger partial charge in [-0.15, -0.1) is 0 Å². The van der Waals surface area contributed by atoms with Crippen molar-refractivity contribution in [1.82, 2.24) is 0 Å². The molecule has 16 nitrogen and oxygen atoms in total. The number of aliphatic hydroxyl groups excluding tert-OH is 2. The molecule has 0 aromatic rings. The number of phosphoric acid groups is 2. The highest BCUT2D eigenvalue weighted by molar-refractivity contribution is 7.47. The first-order valence-electron chi connectivity index (χ1n) is 43.8. The molecule has 630 valence electrons. The van der Waals surface area contributed by atoms with Crippen molar-refractivity contribution in [2.45, 2.75) is 399 Å². The summed E-state index contributed by atoms with van der Waals surface area (Å²) in [5.41, 5.74) is 0. The van der Waals surface area contributed by atoms with Crippen molar-refractivity contribution in [3.63, 3.8) is 0 Å². The second kappa shape index (κ2) is 83.4. The Morgan fingerprint density at radius 2 is 0.486 bits per heavy atom. The van der Waals surface area contributed by atoms with Crippen LogP contribution in [-0.2, 0) is 55.8 Å². The topological polar surface area (TPSA) is 231 Å². The van der Waals surface area contributed by atoms with E-state index >= 15 is 0 Å². The molecule has 0 aliphatic heterocycles. The number of allylic oxidation sites excluding steroid dienone is 20. The Kier molecular flexibility index (Phi) is 80.3. The lowest BCUT2D eigenvalue weighted by molar-refractivity contribution is -0.161. The predicted octanol–water partition coefficient (Wildman–Crippen LogP) is 26.4. The molecule has 0 aromatic carbocycles. The first-order valence-corrected chi connectivity index (χ1v) is 46.8. The summed E-state index contributed by atoms with van der Waals surface area (Å²) >= 11 is 0. The lowest BCUT2D eigenvalue weighted by atomic mass is 10.0. The van der Waals surface area contributed by atoms with Crippen molar-refractivity contribution in [2.24, 2.45) is 0 Å². The standard InChI is InChI=1S/C91H160O16P2/c1-4-7-10-13-16-19-22-24-26-28-30-32-34-36-38-40-41-42-43-45-47-48-50-52-54-56-58-60-63-65-68-71-74-77-89(94)101-80-86(92)81-103-108(97,98)104-82-87(93)83-105-109(99,100)106-85-88(107-91(96)79-76-73-70-67-62-21-18-15-12-9-6-3)84-102-90(95)78-75-72-69-66-64-61-59-57-55-53-51-49-46-44-39-37-35-33-31-29-27-25-23-20-17-14-11-8-5-2/h7,10,16-17,19-20,24-27,30-33,36-39,41-42,86-88,92-93H,4-6,8-9,11-15,18,21-23,28-29,34-35,40,43-85H2,1-3H3,(H,97,98)(H,99,100)/b10-7-,19-16-,20-17-,26-24-,27-25-,32-30-,33-31-,38-36-,39-37-,42-41-. The third kappa shape index (κ3) is 84.7. The molecule has 0 aromatic heterocycles. The van der Waals surface area contributed by atoms with Crippen LogP contribution in [0.3, 0.4) is 0 Å². The number of ether oxygens (including phenoxy) is 3. The van der Waals surface area contributed by atoms with Gasteiger partial charge in [-0.2, -0.15) is 0 Å². The Balaban J connectivity index is 4.36. The maximum atomic E-state index is 12.9. The van der Waals surface area contributed by atoms with E-state index in [9.17, 15) is 43.5 Å². The average Bonchev–Trinajstić information content (AvgIpc) is 0.836. The van der Waals surface area contributed by atoms with Crippen molar-refractivity contribution >= 4 is 33.6 Å². The molecule has 0 rings (SSSR count). The van der Waals surface area contributed by atoms with E-state index in [-0.39, 0.29) is 19.3 Å². The summed E-state index contributed by atoms with van der Waals surface area (Å²) in [7, 11) is -9.78. The summed E-state index contributed by atoms with van der Waals surface area (Å²) in [6.07, 6.45) is 101. The Morgan fingerprint density at radius 3 is 0.789 bits per heavy atom. The van der Waals surface area contributed by atoms with Gasteiger partial charge in [-0.3, -0.25) is 32.5 Å². The normalized spacial score (nSPS) is 14.4. The fourth-order valence-electron chi connectivity index (χ4n) is 12.0. The van der Waals surface area contributed by atoms with Gasteiger partial charge in [-0.25, -0.2) is 9.13 Å². The molecule has 0 saturated carbocycles. The highest BCUT2D eigenvalue weighted by Crippen LogP contribution is 2.45. The van der Waals surface area contributed by atoms with Crippen LogP contribution in [0.4, 0.5) is 0 Å². The Labute approximate surface area is 665 Å². The lowest BCUT2D eigenvalue weighted by Gasteiger charge is -2.21. The van der Waals surface area contributed by atoms with E-state index in [2.05, 4.69) is 142 Å². The van der Waals surface area contributed by atoms with Crippen LogP contribution in [0.15, 0.2) is 122 Å². The zero-order chi connectivity index (χ0) is 79.4. The third-order valence-electron chi connectivity index (χ3n) is 18.7. The minimum absolute atomic E-state index is 0.108. The molecule has 0 spiro atoms. The van der Waals surface area contributed by atoms with E-state index in [0.29, 0.717) is 19.3 Å². The quantitative estimate of drug-likeness (QED) is 0.0146. The Hall–Kier alpha value is -4.05. The molecule has 5 atom stereocenters. The summed E-state index contributed by atoms with van der Waals surface area (Å²) in [6.45, 7) is 2.58. The van der Waals surface area contributed by atoms with Crippen molar-refractivity contribution in [3.8, 4) is 0 Å². The monoisotopic (exact) mass is 1570 g/mol. The van der Waals surface area contributed by atoms with Crippen molar-refractivity contribution in [3.05, 3.63) is 122 Å². The summed E-state index contributed by atoms with van der Waals surface area (Å²) in [5, 5.41) is 20.7. The Morgan fingerprint density at radius 1 is 0.266 bits per heavy atom. The van der Waals surface area contributed by atoms with Crippen LogP contribution in [-0.4, -0.2) is 95.9 Å². The van der Waals surface area contributed by atoms with Crippen molar-refractivity contribution < 1.29 is 75.8 Å². The first kappa shape index (κ1) is 105. The van der Waals surface area contributed by atoms with Gasteiger partial charge in [0.25, 0.3) is 0 Å². The van der Waals surface area contributed by atoms with Crippen LogP contribution in [0.25, 0.3) is 0 Å². The fraction of sp³-hybridized carbons (Fsp3) is 0.747. The zero-order valence-electron chi connectivity index (χ0n) is 69.2. The Bertz CT molecular complexity index is 2460. The molecule has 0 heterocycles. The van der Waals surface area contributed by atoms with Crippen LogP contribution in [0.1, 0.15) is 380 Å². The molecule has 0 radical (unpaired) electrons. The molecule has 0 saturated heterocycles. The van der Waals surface area contributed by atoms with Crippen LogP contribution in [0.5, 0.6) is 0 Å². The van der Waals surface area contributed by atoms with E-state index in [0.717, 1.165) is 135 Å². The zero-order valence-corrected chi connectivity index (χ0v) is 71.0. The summed E-state index contributed by atoms with van der Waals surface area (Å²) in [6, 6.07) is 0. The van der Waals surface area contributed by atoms with E-state index in [1.165, 1.54) is 186 Å². The number of rotatable bonds is 83. The summed E-state index contributed by atoms with van der Waals surface area (Å²) in [4.78, 5) is 58.7. The predicted molar refractivity (Wildman–Crippen MR) is 454 cm³/mol. The smallest absolute Gasteiger partial charge is 0.463 e. The van der Waals surface area contributed by atoms with Gasteiger partial charge in [0.1, 0.15) is 25.4 Å². The van der Waals surface area contributed by atoms with Gasteiger partial charge in [-0.1, -0.05) is 367 Å². The number of phosphoric ester groups is 2. The van der Waals surface area contributed by atoms with Crippen molar-refractivity contribution in [2.75, 3.05) is 39.6 Å². The summed E-state index contributed by atoms with van der Waals surface area (Å²) in [5.74, 6) is -1.56. The molecule has 4 N–H and O–H groups in total. The summed E-state index contributed by atoms with van der Waals surface area (Å²) < 4.78 is 61.2. The maximum Gasteiger partial charge on any atom is 0.472 e. The van der Waals surface area contributed by atoms with Gasteiger partial charge in [0.05, 0.1) is 26.4 Å². The number of carbonyl (C=O) groups is 3. The van der Waals surface area contributed by atoms with Crippen LogP contribution in [0.2, 0.25) is 0 Å². The number of unbranched alkanes of at least 4 members (excludes halogenated alkanes) is 40. The average molecular weight is 1570 g/mol. The number of carbonyl (C=O) groups excluding carboxylic acids is 3. The van der Waals surface area contributed by atoms with E-state index in [1.807, 2.05) is 0 Å². The van der Waals surface area contributed by atoms with Crippen LogP contribution < -0.4 is 0 Å². The number of aliphatic hydroxyl groups is 2. The molecule has 109 heavy (non-hydrogen) atoms. The van der Waals surface area contributed by atoms with E-state index < -0.39 is 91.5 Å². The second-order valence-corrected chi connectivity index (χ2v) is 32.2. The van der Waals surface area contributed by atoms with Gasteiger partial charge in [0, 0.05) is 19.3 Å². The van der Waals surface area contributed by atoms with E-state index in [1.54, 1.807) is 0 Å². The highest BCUT2D eigenvalue weighted by Gasteiger charge is 2.29. The molecule has 0 aliphatic carbocycles. The fourth-order valence-corrected chi connectivity index (χ4v) is 13.6. The molecule has 0 fully saturated rings. The number of hydrogen-bond acceptors (Lipinski definition) is 14. The van der Waals surface area contributed by atoms with Gasteiger partial charge < -0.3 is 34.2 Å². The third-order valence-corrected chi connectivity index (χ3v) is 20.6. The van der Waals surface area contributed by atoms with E-state index in [4.69, 9.17) is 32.3 Å². The molecular weight excluding hydrogens is 1410 g/mol. The largest absolute Gasteiger partial charge is 0.472 e. The van der Waals surface area contributed by atoms with Gasteiger partial charge in [0.2, 0.25) is 0 Å². The SMILES string of the molecule is CC/C=C\C/C=C\C/C=C\C/C=C\C/C=C\C/C=C\CCCCCCCCCCCCCCCCC(=O)OCC(O)COP(=O)(O)OCC(O)COP(=O)(O)OCC(COC(=O)CCCCCCCCCCCCCCC/C=C\C/C=C\C/C=C\C/C=C\CCCCC)OC(=O)CCCCCCCCCCCCC. The molecule has 0 aliphatic rings. The van der Waals surface area contributed by atoms with Gasteiger partial charge in [0.15, 0.2) is 6.10 Å². The van der Waals surface area contributed by atoms with Crippen molar-refractivity contribution in [1.29, 1.82) is 0 Å². The minimum Gasteiger partial charge on any atom is -0.463 e. The van der Waals surface area contributed by atoms with Gasteiger partial charge in [-0.05, 0) is 116 Å². The van der Waals surface area contributed by atoms with Gasteiger partial charge >= 0.3 is 33.6 Å². The molecule has 0 bridgehead atoms. The number of esters is 3.